The molecule has 0 unspecified atom stereocenters. The van der Waals surface area contributed by atoms with Crippen molar-refractivity contribution in [2.45, 2.75) is 13.0 Å². The number of hydrogen-bond donors (Lipinski definition) is 1. The maximum Gasteiger partial charge on any atom is 0.253 e. The minimum absolute atomic E-state index is 0.0546. The molecule has 2 amide bonds. The maximum atomic E-state index is 12.6. The lowest BCUT2D eigenvalue weighted by molar-refractivity contribution is -0.115. The molecular formula is C23H22N2O2. The number of carbonyl (C=O) groups excluding carboxylic acids is 2. The molecule has 0 aliphatic heterocycles. The number of rotatable bonds is 6. The molecule has 0 spiro atoms. The second-order valence-electron chi connectivity index (χ2n) is 6.43. The van der Waals surface area contributed by atoms with Crippen molar-refractivity contribution in [3.63, 3.8) is 0 Å². The Morgan fingerprint density at radius 2 is 1.33 bits per heavy atom. The maximum absolute atomic E-state index is 12.6. The standard InChI is InChI=1S/C23H22N2O2/c1-25(17-19-10-6-3-7-11-19)23(27)20-12-14-21(15-13-20)24-22(26)16-18-8-4-2-5-9-18/h2-15H,16-17H2,1H3,(H,24,26). The molecule has 3 aromatic carbocycles. The summed E-state index contributed by atoms with van der Waals surface area (Å²) in [6.07, 6.45) is 0.321. The fraction of sp³-hybridized carbons (Fsp3) is 0.130. The van der Waals surface area contributed by atoms with Crippen molar-refractivity contribution in [2.24, 2.45) is 0 Å². The molecule has 0 aliphatic carbocycles. The van der Waals surface area contributed by atoms with E-state index < -0.39 is 0 Å². The predicted molar refractivity (Wildman–Crippen MR) is 107 cm³/mol. The van der Waals surface area contributed by atoms with Gasteiger partial charge in [0, 0.05) is 24.8 Å². The van der Waals surface area contributed by atoms with Crippen molar-refractivity contribution in [2.75, 3.05) is 12.4 Å². The summed E-state index contributed by atoms with van der Waals surface area (Å²) >= 11 is 0. The highest BCUT2D eigenvalue weighted by Crippen LogP contribution is 2.13. The third-order valence-electron chi connectivity index (χ3n) is 4.23. The van der Waals surface area contributed by atoms with Crippen molar-refractivity contribution in [1.29, 1.82) is 0 Å². The van der Waals surface area contributed by atoms with E-state index in [1.807, 2.05) is 60.7 Å². The van der Waals surface area contributed by atoms with E-state index in [9.17, 15) is 9.59 Å². The van der Waals surface area contributed by atoms with Crippen LogP contribution in [0.1, 0.15) is 21.5 Å². The number of nitrogens with zero attached hydrogens (tertiary/aromatic N) is 1. The number of amides is 2. The van der Waals surface area contributed by atoms with Gasteiger partial charge in [0.2, 0.25) is 5.91 Å². The first-order valence-electron chi connectivity index (χ1n) is 8.85. The van der Waals surface area contributed by atoms with Gasteiger partial charge in [-0.1, -0.05) is 60.7 Å². The second-order valence-corrected chi connectivity index (χ2v) is 6.43. The number of nitrogens with one attached hydrogen (secondary N) is 1. The third kappa shape index (κ3) is 5.28. The fourth-order valence-corrected chi connectivity index (χ4v) is 2.83. The summed E-state index contributed by atoms with van der Waals surface area (Å²) in [5.41, 5.74) is 3.31. The molecule has 0 atom stereocenters. The van der Waals surface area contributed by atoms with E-state index in [0.717, 1.165) is 11.1 Å². The SMILES string of the molecule is CN(Cc1ccccc1)C(=O)c1ccc(NC(=O)Cc2ccccc2)cc1. The van der Waals surface area contributed by atoms with Gasteiger partial charge in [-0.05, 0) is 35.4 Å². The zero-order chi connectivity index (χ0) is 19.1. The topological polar surface area (TPSA) is 49.4 Å². The molecule has 4 heteroatoms. The van der Waals surface area contributed by atoms with Crippen LogP contribution in [0.3, 0.4) is 0 Å². The summed E-state index contributed by atoms with van der Waals surface area (Å²) in [5.74, 6) is -0.137. The lowest BCUT2D eigenvalue weighted by Crippen LogP contribution is -2.26. The molecule has 27 heavy (non-hydrogen) atoms. The van der Waals surface area contributed by atoms with Crippen molar-refractivity contribution in [3.8, 4) is 0 Å². The van der Waals surface area contributed by atoms with Crippen LogP contribution >= 0.6 is 0 Å². The molecule has 3 aromatic rings. The van der Waals surface area contributed by atoms with Gasteiger partial charge in [-0.25, -0.2) is 0 Å². The summed E-state index contributed by atoms with van der Waals surface area (Å²) in [6, 6.07) is 26.4. The van der Waals surface area contributed by atoms with Gasteiger partial charge in [-0.15, -0.1) is 0 Å². The van der Waals surface area contributed by atoms with E-state index in [-0.39, 0.29) is 11.8 Å². The summed E-state index contributed by atoms with van der Waals surface area (Å²) in [7, 11) is 1.78. The van der Waals surface area contributed by atoms with Crippen molar-refractivity contribution in [1.82, 2.24) is 4.90 Å². The molecular weight excluding hydrogens is 336 g/mol. The van der Waals surface area contributed by atoms with Crippen LogP contribution in [0.5, 0.6) is 0 Å². The van der Waals surface area contributed by atoms with Gasteiger partial charge in [0.25, 0.3) is 5.91 Å². The number of anilines is 1. The Hall–Kier alpha value is -3.40. The summed E-state index contributed by atoms with van der Waals surface area (Å²) in [6.45, 7) is 0.551. The molecule has 136 valence electrons. The Bertz CT molecular complexity index is 891. The molecule has 1 N–H and O–H groups in total. The van der Waals surface area contributed by atoms with Gasteiger partial charge < -0.3 is 10.2 Å². The van der Waals surface area contributed by atoms with Crippen molar-refractivity contribution >= 4 is 17.5 Å². The zero-order valence-electron chi connectivity index (χ0n) is 15.3. The summed E-state index contributed by atoms with van der Waals surface area (Å²) < 4.78 is 0. The van der Waals surface area contributed by atoms with Crippen LogP contribution in [0.25, 0.3) is 0 Å². The van der Waals surface area contributed by atoms with Crippen molar-refractivity contribution < 1.29 is 9.59 Å². The Balaban J connectivity index is 1.57. The number of hydrogen-bond acceptors (Lipinski definition) is 2. The molecule has 3 rings (SSSR count). The van der Waals surface area contributed by atoms with E-state index in [0.29, 0.717) is 24.2 Å². The van der Waals surface area contributed by atoms with Crippen LogP contribution in [0, 0.1) is 0 Å². The zero-order valence-corrected chi connectivity index (χ0v) is 15.3. The van der Waals surface area contributed by atoms with Crippen LogP contribution in [0.2, 0.25) is 0 Å². The van der Waals surface area contributed by atoms with E-state index in [1.165, 1.54) is 0 Å². The van der Waals surface area contributed by atoms with E-state index >= 15 is 0 Å². The quantitative estimate of drug-likeness (QED) is 0.720. The summed E-state index contributed by atoms with van der Waals surface area (Å²) in [4.78, 5) is 26.4. The lowest BCUT2D eigenvalue weighted by Gasteiger charge is -2.17. The fourth-order valence-electron chi connectivity index (χ4n) is 2.83. The molecule has 0 heterocycles. The number of benzene rings is 3. The highest BCUT2D eigenvalue weighted by molar-refractivity contribution is 5.96. The third-order valence-corrected chi connectivity index (χ3v) is 4.23. The Morgan fingerprint density at radius 3 is 1.93 bits per heavy atom. The van der Waals surface area contributed by atoms with E-state index in [1.54, 1.807) is 36.2 Å². The van der Waals surface area contributed by atoms with Crippen LogP contribution in [0.4, 0.5) is 5.69 Å². The van der Waals surface area contributed by atoms with Crippen molar-refractivity contribution in [3.05, 3.63) is 102 Å². The second kappa shape index (κ2) is 8.81. The molecule has 0 saturated carbocycles. The lowest BCUT2D eigenvalue weighted by atomic mass is 10.1. The highest BCUT2D eigenvalue weighted by atomic mass is 16.2. The summed E-state index contributed by atoms with van der Waals surface area (Å²) in [5, 5.41) is 2.86. The first kappa shape index (κ1) is 18.4. The first-order valence-corrected chi connectivity index (χ1v) is 8.85. The van der Waals surface area contributed by atoms with Crippen LogP contribution < -0.4 is 5.32 Å². The average molecular weight is 358 g/mol. The van der Waals surface area contributed by atoms with Crippen LogP contribution in [-0.2, 0) is 17.8 Å². The largest absolute Gasteiger partial charge is 0.337 e. The van der Waals surface area contributed by atoms with Crippen LogP contribution in [0.15, 0.2) is 84.9 Å². The van der Waals surface area contributed by atoms with Crippen LogP contribution in [-0.4, -0.2) is 23.8 Å². The first-order chi connectivity index (χ1) is 13.1. The van der Waals surface area contributed by atoms with Gasteiger partial charge in [0.1, 0.15) is 0 Å². The van der Waals surface area contributed by atoms with Gasteiger partial charge in [-0.2, -0.15) is 0 Å². The smallest absolute Gasteiger partial charge is 0.253 e. The average Bonchev–Trinajstić information content (AvgIpc) is 2.69. The van der Waals surface area contributed by atoms with Gasteiger partial charge in [0.05, 0.1) is 6.42 Å². The van der Waals surface area contributed by atoms with Gasteiger partial charge >= 0.3 is 0 Å². The van der Waals surface area contributed by atoms with Gasteiger partial charge in [-0.3, -0.25) is 9.59 Å². The Kier molecular flexibility index (Phi) is 6.00. The normalized spacial score (nSPS) is 10.3. The molecule has 0 fully saturated rings. The number of carbonyl (C=O) groups is 2. The Morgan fingerprint density at radius 1 is 0.778 bits per heavy atom. The highest BCUT2D eigenvalue weighted by Gasteiger charge is 2.12. The predicted octanol–water partition coefficient (Wildman–Crippen LogP) is 4.14. The minimum Gasteiger partial charge on any atom is -0.337 e. The molecule has 0 aliphatic rings. The van der Waals surface area contributed by atoms with E-state index in [2.05, 4.69) is 5.32 Å². The monoisotopic (exact) mass is 358 g/mol. The minimum atomic E-state index is -0.0820. The molecule has 0 radical (unpaired) electrons. The Labute approximate surface area is 159 Å². The van der Waals surface area contributed by atoms with Gasteiger partial charge in [0.15, 0.2) is 0 Å². The molecule has 0 bridgehead atoms. The molecule has 4 nitrogen and oxygen atoms in total. The molecule has 0 aromatic heterocycles. The molecule has 0 saturated heterocycles. The van der Waals surface area contributed by atoms with E-state index in [4.69, 9.17) is 0 Å².